The van der Waals surface area contributed by atoms with Crippen LogP contribution in [0.3, 0.4) is 0 Å². The Labute approximate surface area is 106 Å². The maximum absolute atomic E-state index is 11.1. The van der Waals surface area contributed by atoms with Gasteiger partial charge in [0.2, 0.25) is 0 Å². The van der Waals surface area contributed by atoms with E-state index in [1.807, 2.05) is 0 Å². The van der Waals surface area contributed by atoms with E-state index >= 15 is 0 Å². The van der Waals surface area contributed by atoms with Crippen LogP contribution in [0.15, 0.2) is 29.4 Å². The molecule has 0 amide bonds. The van der Waals surface area contributed by atoms with E-state index in [2.05, 4.69) is 4.98 Å². The Kier molecular flexibility index (Phi) is 4.75. The molecule has 102 valence electrons. The van der Waals surface area contributed by atoms with Gasteiger partial charge in [0.25, 0.3) is 5.08 Å². The second kappa shape index (κ2) is 5.40. The van der Waals surface area contributed by atoms with Crippen molar-refractivity contribution in [2.45, 2.75) is 9.98 Å². The fourth-order valence-electron chi connectivity index (χ4n) is 0.986. The van der Waals surface area contributed by atoms with Gasteiger partial charge in [-0.2, -0.15) is 0 Å². The van der Waals surface area contributed by atoms with E-state index in [0.717, 1.165) is 11.8 Å². The topological polar surface area (TPSA) is 149 Å². The van der Waals surface area contributed by atoms with Crippen LogP contribution in [0.2, 0.25) is 0 Å². The molecule has 0 radical (unpaired) electrons. The number of aromatic nitrogens is 1. The highest BCUT2D eigenvalue weighted by Crippen LogP contribution is 2.68. The summed E-state index contributed by atoms with van der Waals surface area (Å²) in [6.07, 6.45) is 3.05. The van der Waals surface area contributed by atoms with Crippen molar-refractivity contribution in [1.29, 1.82) is 0 Å². The van der Waals surface area contributed by atoms with E-state index in [1.54, 1.807) is 0 Å². The lowest BCUT2D eigenvalue weighted by Gasteiger charge is -2.28. The molecule has 0 atom stereocenters. The summed E-state index contributed by atoms with van der Waals surface area (Å²) in [5, 5.41) is 6.21. The van der Waals surface area contributed by atoms with Crippen LogP contribution >= 0.6 is 27.0 Å². The highest BCUT2D eigenvalue weighted by Gasteiger charge is 2.59. The molecular weight excluding hydrogens is 304 g/mol. The van der Waals surface area contributed by atoms with Crippen LogP contribution < -0.4 is 4.98 Å². The molecule has 11 heteroatoms. The zero-order valence-corrected chi connectivity index (χ0v) is 11.5. The Hall–Kier alpha value is -0.240. The van der Waals surface area contributed by atoms with Crippen molar-refractivity contribution in [3.05, 3.63) is 24.5 Å². The molecule has 1 heterocycles. The van der Waals surface area contributed by atoms with E-state index < -0.39 is 26.0 Å². The lowest BCUT2D eigenvalue weighted by atomic mass is 10.5. The minimum atomic E-state index is -5.38. The molecule has 0 fully saturated rings. The van der Waals surface area contributed by atoms with Gasteiger partial charge in [-0.15, -0.1) is 11.8 Å². The lowest BCUT2D eigenvalue weighted by Crippen LogP contribution is -2.31. The summed E-state index contributed by atoms with van der Waals surface area (Å²) in [6, 6.07) is 3.06. The normalized spacial score (nSPS) is 13.6. The van der Waals surface area contributed by atoms with Gasteiger partial charge >= 0.3 is 15.2 Å². The van der Waals surface area contributed by atoms with Crippen LogP contribution in [0.4, 0.5) is 0 Å². The van der Waals surface area contributed by atoms with Crippen molar-refractivity contribution in [3.63, 3.8) is 0 Å². The van der Waals surface area contributed by atoms with E-state index in [1.165, 1.54) is 24.5 Å². The van der Waals surface area contributed by atoms with Crippen LogP contribution in [-0.4, -0.2) is 35.5 Å². The number of H-pyrrole nitrogens is 1. The molecule has 0 aromatic carbocycles. The van der Waals surface area contributed by atoms with Gasteiger partial charge in [0, 0.05) is 17.0 Å². The second-order valence-corrected chi connectivity index (χ2v) is 8.44. The smallest absolute Gasteiger partial charge is 0.367 e. The predicted molar refractivity (Wildman–Crippen MR) is 62.8 cm³/mol. The molecule has 0 aliphatic heterocycles. The summed E-state index contributed by atoms with van der Waals surface area (Å²) in [6.45, 7) is 0. The summed E-state index contributed by atoms with van der Waals surface area (Å²) in [5.41, 5.74) is 0. The average molecular weight is 316 g/mol. The minimum Gasteiger partial charge on any atom is -0.367 e. The highest BCUT2D eigenvalue weighted by atomic mass is 32.2. The molecule has 1 aromatic heterocycles. The van der Waals surface area contributed by atoms with Gasteiger partial charge in [0.1, 0.15) is 0 Å². The van der Waals surface area contributed by atoms with Crippen LogP contribution in [0.25, 0.3) is 0 Å². The maximum Gasteiger partial charge on any atom is 0.370 e. The third kappa shape index (κ3) is 3.40. The molecule has 1 rings (SSSR count). The SMILES string of the molecule is O=P(O)(O)C(O)(CSc1cc[nH+]cc1)P(=O)(O)O. The monoisotopic (exact) mass is 316 g/mol. The molecule has 0 unspecified atom stereocenters. The van der Waals surface area contributed by atoms with Crippen LogP contribution in [-0.2, 0) is 9.13 Å². The molecule has 0 bridgehead atoms. The molecule has 0 saturated heterocycles. The number of pyridine rings is 1. The molecule has 0 saturated carbocycles. The molecule has 8 nitrogen and oxygen atoms in total. The number of aromatic amines is 1. The Balaban J connectivity index is 2.96. The molecule has 0 aliphatic carbocycles. The van der Waals surface area contributed by atoms with Gasteiger partial charge in [-0.05, 0) is 0 Å². The first-order chi connectivity index (χ1) is 8.08. The zero-order chi connectivity index (χ0) is 14.0. The van der Waals surface area contributed by atoms with Gasteiger partial charge < -0.3 is 24.7 Å². The van der Waals surface area contributed by atoms with E-state index in [-0.39, 0.29) is 0 Å². The zero-order valence-electron chi connectivity index (χ0n) is 8.87. The van der Waals surface area contributed by atoms with Gasteiger partial charge in [-0.3, -0.25) is 9.13 Å². The number of thioether (sulfide) groups is 1. The standard InChI is InChI=1S/C7H11NO7P2S/c9-7(16(10,11)12,17(13,14)15)5-18-6-1-3-8-4-2-6/h1-4,9H,5H2,(H2,10,11,12)(H2,13,14,15)/p+1. The van der Waals surface area contributed by atoms with Gasteiger partial charge in [0.05, 0.1) is 5.75 Å². The Morgan fingerprint density at radius 1 is 1.11 bits per heavy atom. The van der Waals surface area contributed by atoms with Crippen LogP contribution in [0.5, 0.6) is 0 Å². The van der Waals surface area contributed by atoms with E-state index in [0.29, 0.717) is 4.90 Å². The van der Waals surface area contributed by atoms with E-state index in [9.17, 15) is 14.2 Å². The Bertz CT molecular complexity index is 476. The van der Waals surface area contributed by atoms with Crippen molar-refractivity contribution in [3.8, 4) is 0 Å². The first-order valence-electron chi connectivity index (χ1n) is 4.50. The first-order valence-corrected chi connectivity index (χ1v) is 8.71. The van der Waals surface area contributed by atoms with Gasteiger partial charge in [-0.25, -0.2) is 4.98 Å². The summed E-state index contributed by atoms with van der Waals surface area (Å²) in [7, 11) is -10.8. The van der Waals surface area contributed by atoms with Gasteiger partial charge in [0.15, 0.2) is 12.4 Å². The van der Waals surface area contributed by atoms with Crippen molar-refractivity contribution < 1.29 is 38.8 Å². The Morgan fingerprint density at radius 2 is 1.56 bits per heavy atom. The third-order valence-electron chi connectivity index (χ3n) is 2.05. The number of aliphatic hydroxyl groups is 1. The molecule has 18 heavy (non-hydrogen) atoms. The maximum atomic E-state index is 11.1. The highest BCUT2D eigenvalue weighted by molar-refractivity contribution is 8.00. The van der Waals surface area contributed by atoms with E-state index in [4.69, 9.17) is 19.6 Å². The number of nitrogens with one attached hydrogen (secondary N) is 1. The summed E-state index contributed by atoms with van der Waals surface area (Å²) < 4.78 is 22.1. The molecular formula is C7H12NO7P2S+. The quantitative estimate of drug-likeness (QED) is 0.363. The first kappa shape index (κ1) is 15.8. The largest absolute Gasteiger partial charge is 0.370 e. The van der Waals surface area contributed by atoms with Crippen molar-refractivity contribution in [2.24, 2.45) is 0 Å². The molecule has 6 N–H and O–H groups in total. The summed E-state index contributed by atoms with van der Waals surface area (Å²) in [4.78, 5) is 38.8. The third-order valence-corrected chi connectivity index (χ3v) is 7.39. The fourth-order valence-corrected chi connectivity index (χ4v) is 4.76. The van der Waals surface area contributed by atoms with Crippen molar-refractivity contribution in [1.82, 2.24) is 0 Å². The Morgan fingerprint density at radius 3 is 1.94 bits per heavy atom. The average Bonchev–Trinajstić information content (AvgIpc) is 2.24. The minimum absolute atomic E-state index is 0.495. The number of rotatable bonds is 5. The molecule has 0 aliphatic rings. The predicted octanol–water partition coefficient (Wildman–Crippen LogP) is -0.406. The van der Waals surface area contributed by atoms with Crippen molar-refractivity contribution in [2.75, 3.05) is 5.75 Å². The van der Waals surface area contributed by atoms with Gasteiger partial charge in [-0.1, -0.05) is 0 Å². The summed E-state index contributed by atoms with van der Waals surface area (Å²) in [5.74, 6) is -0.828. The fraction of sp³-hybridized carbons (Fsp3) is 0.286. The lowest BCUT2D eigenvalue weighted by molar-refractivity contribution is -0.378. The summed E-state index contributed by atoms with van der Waals surface area (Å²) >= 11 is 0.727. The number of hydrogen-bond donors (Lipinski definition) is 5. The number of hydrogen-bond acceptors (Lipinski definition) is 4. The molecule has 1 aromatic rings. The molecule has 0 spiro atoms. The van der Waals surface area contributed by atoms with Crippen LogP contribution in [0.1, 0.15) is 0 Å². The van der Waals surface area contributed by atoms with Crippen LogP contribution in [0, 0.1) is 0 Å². The second-order valence-electron chi connectivity index (χ2n) is 3.39. The van der Waals surface area contributed by atoms with Crippen molar-refractivity contribution >= 4 is 27.0 Å².